The van der Waals surface area contributed by atoms with Crippen LogP contribution in [0.15, 0.2) is 111 Å². The second kappa shape index (κ2) is 6.86. The lowest BCUT2D eigenvalue weighted by Gasteiger charge is -2.09. The molecule has 5 aromatic carbocycles. The van der Waals surface area contributed by atoms with Crippen molar-refractivity contribution in [3.05, 3.63) is 113 Å². The Morgan fingerprint density at radius 1 is 0.528 bits per heavy atom. The average Bonchev–Trinajstić information content (AvgIpc) is 3.42. The number of rotatable bonds is 1. The zero-order valence-electron chi connectivity index (χ0n) is 19.4. The molecule has 4 nitrogen and oxygen atoms in total. The van der Waals surface area contributed by atoms with Gasteiger partial charge in [-0.1, -0.05) is 48.0 Å². The minimum Gasteiger partial charge on any atom is -0.456 e. The normalized spacial score (nSPS) is 12.1. The van der Waals surface area contributed by atoms with Crippen molar-refractivity contribution in [3.63, 3.8) is 0 Å². The molecule has 8 aromatic rings. The van der Waals surface area contributed by atoms with Crippen molar-refractivity contribution in [2.24, 2.45) is 0 Å². The second-order valence-corrected chi connectivity index (χ2v) is 9.43. The third-order valence-electron chi connectivity index (χ3n) is 7.24. The highest BCUT2D eigenvalue weighted by atomic mass is 16.3. The lowest BCUT2D eigenvalue weighted by molar-refractivity contribution is 0.659. The molecule has 0 unspecified atom stereocenters. The zero-order valence-corrected chi connectivity index (χ0v) is 19.4. The first-order chi connectivity index (χ1) is 17.7. The molecule has 0 aliphatic rings. The molecule has 0 spiro atoms. The van der Waals surface area contributed by atoms with E-state index in [1.807, 2.05) is 67.6 Å². The van der Waals surface area contributed by atoms with Crippen molar-refractivity contribution >= 4 is 65.7 Å². The molecular formula is C32H19NO3. The van der Waals surface area contributed by atoms with Crippen molar-refractivity contribution in [2.45, 2.75) is 6.92 Å². The third-order valence-corrected chi connectivity index (χ3v) is 7.24. The fraction of sp³-hybridized carbons (Fsp3) is 0.0312. The van der Waals surface area contributed by atoms with Gasteiger partial charge in [-0.25, -0.2) is 0 Å². The quantitative estimate of drug-likeness (QED) is 0.229. The van der Waals surface area contributed by atoms with Gasteiger partial charge in [-0.2, -0.15) is 0 Å². The molecular weight excluding hydrogens is 446 g/mol. The first-order valence-corrected chi connectivity index (χ1v) is 12.0. The minimum absolute atomic E-state index is 0.00675. The molecule has 0 N–H and O–H groups in total. The molecule has 8 rings (SSSR count). The van der Waals surface area contributed by atoms with E-state index in [0.29, 0.717) is 21.9 Å². The van der Waals surface area contributed by atoms with E-state index in [1.165, 1.54) is 0 Å². The summed E-state index contributed by atoms with van der Waals surface area (Å²) in [4.78, 5) is 13.2. The molecule has 3 heterocycles. The van der Waals surface area contributed by atoms with Gasteiger partial charge in [0.25, 0.3) is 0 Å². The van der Waals surface area contributed by atoms with E-state index in [9.17, 15) is 4.79 Å². The Morgan fingerprint density at radius 3 is 2.17 bits per heavy atom. The minimum atomic E-state index is -0.00675. The van der Waals surface area contributed by atoms with Gasteiger partial charge in [0.1, 0.15) is 22.3 Å². The maximum Gasteiger partial charge on any atom is 0.200 e. The predicted molar refractivity (Wildman–Crippen MR) is 146 cm³/mol. The number of para-hydroxylation sites is 2. The van der Waals surface area contributed by atoms with E-state index in [0.717, 1.165) is 55.0 Å². The maximum atomic E-state index is 13.2. The van der Waals surface area contributed by atoms with Crippen LogP contribution in [0.2, 0.25) is 0 Å². The van der Waals surface area contributed by atoms with Gasteiger partial charge in [0, 0.05) is 39.4 Å². The molecule has 0 aliphatic heterocycles. The Morgan fingerprint density at radius 2 is 1.28 bits per heavy atom. The number of aryl methyl sites for hydroxylation is 1. The summed E-state index contributed by atoms with van der Waals surface area (Å²) in [6.45, 7) is 1.98. The highest BCUT2D eigenvalue weighted by Crippen LogP contribution is 2.38. The smallest absolute Gasteiger partial charge is 0.200 e. The van der Waals surface area contributed by atoms with Crippen LogP contribution < -0.4 is 5.43 Å². The summed E-state index contributed by atoms with van der Waals surface area (Å²) in [5.41, 5.74) is 6.99. The Labute approximate surface area is 204 Å². The largest absolute Gasteiger partial charge is 0.456 e. The predicted octanol–water partition coefficient (Wildman–Crippen LogP) is 8.25. The van der Waals surface area contributed by atoms with Crippen LogP contribution in [0.5, 0.6) is 0 Å². The van der Waals surface area contributed by atoms with Gasteiger partial charge in [-0.05, 0) is 49.4 Å². The SMILES string of the molecule is Cc1ccc2oc3cc(-n4c5ccccc5c5cc6c(cc54)oc4ccccc46)ccc3c(=O)c2c1. The van der Waals surface area contributed by atoms with E-state index >= 15 is 0 Å². The van der Waals surface area contributed by atoms with Crippen LogP contribution in [-0.4, -0.2) is 4.57 Å². The maximum absolute atomic E-state index is 13.2. The second-order valence-electron chi connectivity index (χ2n) is 9.43. The zero-order chi connectivity index (χ0) is 24.0. The number of nitrogens with zero attached hydrogens (tertiary/aromatic N) is 1. The summed E-state index contributed by atoms with van der Waals surface area (Å²) in [7, 11) is 0. The van der Waals surface area contributed by atoms with Crippen LogP contribution in [0, 0.1) is 6.92 Å². The van der Waals surface area contributed by atoms with Gasteiger partial charge in [0.05, 0.1) is 21.8 Å². The van der Waals surface area contributed by atoms with Gasteiger partial charge in [-0.3, -0.25) is 4.79 Å². The Hall–Kier alpha value is -4.83. The van der Waals surface area contributed by atoms with E-state index in [2.05, 4.69) is 41.0 Å². The first-order valence-electron chi connectivity index (χ1n) is 12.0. The number of hydrogen-bond donors (Lipinski definition) is 0. The summed E-state index contributed by atoms with van der Waals surface area (Å²) < 4.78 is 14.7. The molecule has 0 atom stereocenters. The van der Waals surface area contributed by atoms with Crippen LogP contribution in [0.4, 0.5) is 0 Å². The van der Waals surface area contributed by atoms with E-state index in [-0.39, 0.29) is 5.43 Å². The van der Waals surface area contributed by atoms with Crippen LogP contribution in [0.25, 0.3) is 71.4 Å². The highest BCUT2D eigenvalue weighted by Gasteiger charge is 2.17. The topological polar surface area (TPSA) is 48.3 Å². The van der Waals surface area contributed by atoms with Crippen molar-refractivity contribution in [1.29, 1.82) is 0 Å². The molecule has 0 aliphatic carbocycles. The summed E-state index contributed by atoms with van der Waals surface area (Å²) in [5, 5.41) is 5.72. The Balaban J connectivity index is 1.48. The fourth-order valence-corrected chi connectivity index (χ4v) is 5.56. The van der Waals surface area contributed by atoms with Crippen molar-refractivity contribution < 1.29 is 8.83 Å². The molecule has 0 amide bonds. The van der Waals surface area contributed by atoms with Gasteiger partial charge in [0.15, 0.2) is 0 Å². The summed E-state index contributed by atoms with van der Waals surface area (Å²) >= 11 is 0. The summed E-state index contributed by atoms with van der Waals surface area (Å²) in [6, 6.07) is 32.4. The molecule has 170 valence electrons. The van der Waals surface area contributed by atoms with Crippen molar-refractivity contribution in [3.8, 4) is 5.69 Å². The average molecular weight is 466 g/mol. The molecule has 36 heavy (non-hydrogen) atoms. The summed E-state index contributed by atoms with van der Waals surface area (Å²) in [6.07, 6.45) is 0. The first kappa shape index (κ1) is 19.5. The molecule has 0 saturated heterocycles. The molecule has 0 bridgehead atoms. The number of aromatic nitrogens is 1. The van der Waals surface area contributed by atoms with Crippen molar-refractivity contribution in [1.82, 2.24) is 4.57 Å². The molecule has 4 heteroatoms. The van der Waals surface area contributed by atoms with Gasteiger partial charge in [-0.15, -0.1) is 0 Å². The Kier molecular flexibility index (Phi) is 3.71. The fourth-order valence-electron chi connectivity index (χ4n) is 5.56. The molecule has 0 saturated carbocycles. The summed E-state index contributed by atoms with van der Waals surface area (Å²) in [5.74, 6) is 0. The number of benzene rings is 5. The van der Waals surface area contributed by atoms with Crippen LogP contribution >= 0.6 is 0 Å². The van der Waals surface area contributed by atoms with E-state index in [1.54, 1.807) is 0 Å². The molecule has 3 aromatic heterocycles. The lowest BCUT2D eigenvalue weighted by atomic mass is 10.1. The number of hydrogen-bond acceptors (Lipinski definition) is 3. The third kappa shape index (κ3) is 2.56. The number of furan rings is 1. The highest BCUT2D eigenvalue weighted by molar-refractivity contribution is 6.17. The van der Waals surface area contributed by atoms with E-state index < -0.39 is 0 Å². The standard InChI is InChI=1S/C32H19NO3/c1-18-10-13-29-25(14-18)32(34)22-12-11-19(15-30(22)36-29)33-26-8-4-2-6-20(26)23-16-24-21-7-3-5-9-28(21)35-31(24)17-27(23)33/h2-17H,1H3. The van der Waals surface area contributed by atoms with Gasteiger partial charge < -0.3 is 13.4 Å². The van der Waals surface area contributed by atoms with Crippen LogP contribution in [0.3, 0.4) is 0 Å². The Bertz CT molecular complexity index is 2240. The number of fused-ring (bicyclic) bond motifs is 8. The van der Waals surface area contributed by atoms with Gasteiger partial charge in [0.2, 0.25) is 5.43 Å². The lowest BCUT2D eigenvalue weighted by Crippen LogP contribution is -2.03. The van der Waals surface area contributed by atoms with Crippen molar-refractivity contribution in [2.75, 3.05) is 0 Å². The van der Waals surface area contributed by atoms with Gasteiger partial charge >= 0.3 is 0 Å². The van der Waals surface area contributed by atoms with E-state index in [4.69, 9.17) is 8.83 Å². The van der Waals surface area contributed by atoms with Crippen LogP contribution in [0.1, 0.15) is 5.56 Å². The van der Waals surface area contributed by atoms with Crippen LogP contribution in [-0.2, 0) is 0 Å². The molecule has 0 fully saturated rings. The monoisotopic (exact) mass is 465 g/mol. The molecule has 0 radical (unpaired) electrons.